The van der Waals surface area contributed by atoms with Crippen molar-refractivity contribution in [2.24, 2.45) is 0 Å². The van der Waals surface area contributed by atoms with Gasteiger partial charge in [-0.3, -0.25) is 9.59 Å². The molecule has 4 heteroatoms. The number of anilines is 1. The Morgan fingerprint density at radius 1 is 1.15 bits per heavy atom. The van der Waals surface area contributed by atoms with Gasteiger partial charge >= 0.3 is 0 Å². The summed E-state index contributed by atoms with van der Waals surface area (Å²) in [5, 5.41) is 2.84. The van der Waals surface area contributed by atoms with Gasteiger partial charge in [-0.2, -0.15) is 0 Å². The number of benzene rings is 1. The van der Waals surface area contributed by atoms with Crippen molar-refractivity contribution in [3.63, 3.8) is 0 Å². The number of hydrogen-bond donors (Lipinski definition) is 1. The zero-order valence-electron chi connectivity index (χ0n) is 12.6. The third-order valence-electron chi connectivity index (χ3n) is 3.06. The highest BCUT2D eigenvalue weighted by atomic mass is 16.2. The van der Waals surface area contributed by atoms with Gasteiger partial charge in [0.1, 0.15) is 0 Å². The predicted molar refractivity (Wildman–Crippen MR) is 81.8 cm³/mol. The van der Waals surface area contributed by atoms with Crippen LogP contribution in [0.1, 0.15) is 49.4 Å². The third kappa shape index (κ3) is 5.43. The fourth-order valence-electron chi connectivity index (χ4n) is 1.92. The summed E-state index contributed by atoms with van der Waals surface area (Å²) in [5.74, 6) is -0.0559. The number of hydrogen-bond acceptors (Lipinski definition) is 2. The quantitative estimate of drug-likeness (QED) is 0.777. The van der Waals surface area contributed by atoms with Gasteiger partial charge in [-0.15, -0.1) is 0 Å². The lowest BCUT2D eigenvalue weighted by atomic mass is 10.1. The first kappa shape index (κ1) is 16.2. The summed E-state index contributed by atoms with van der Waals surface area (Å²) in [5.41, 5.74) is 1.26. The fourth-order valence-corrected chi connectivity index (χ4v) is 1.92. The van der Waals surface area contributed by atoms with Crippen molar-refractivity contribution in [3.8, 4) is 0 Å². The van der Waals surface area contributed by atoms with Crippen LogP contribution in [0.15, 0.2) is 24.3 Å². The lowest BCUT2D eigenvalue weighted by molar-refractivity contribution is -0.116. The van der Waals surface area contributed by atoms with E-state index in [1.54, 1.807) is 38.4 Å². The molecule has 4 nitrogen and oxygen atoms in total. The molecule has 0 spiro atoms. The van der Waals surface area contributed by atoms with E-state index < -0.39 is 0 Å². The van der Waals surface area contributed by atoms with Crippen LogP contribution in [0.2, 0.25) is 0 Å². The van der Waals surface area contributed by atoms with E-state index in [1.165, 1.54) is 11.3 Å². The minimum atomic E-state index is -0.0657. The average Bonchev–Trinajstić information content (AvgIpc) is 2.43. The molecule has 0 aliphatic rings. The van der Waals surface area contributed by atoms with Crippen LogP contribution < -0.4 is 5.32 Å². The van der Waals surface area contributed by atoms with Crippen LogP contribution >= 0.6 is 0 Å². The summed E-state index contributed by atoms with van der Waals surface area (Å²) in [6.45, 7) is 2.15. The molecule has 1 aromatic carbocycles. The molecule has 0 radical (unpaired) electrons. The van der Waals surface area contributed by atoms with Gasteiger partial charge in [0.15, 0.2) is 0 Å². The van der Waals surface area contributed by atoms with E-state index in [1.807, 2.05) is 0 Å². The molecule has 0 saturated carbocycles. The van der Waals surface area contributed by atoms with Crippen molar-refractivity contribution >= 4 is 17.5 Å². The van der Waals surface area contributed by atoms with Gasteiger partial charge in [0.25, 0.3) is 5.91 Å². The van der Waals surface area contributed by atoms with E-state index in [0.717, 1.165) is 19.3 Å². The lowest BCUT2D eigenvalue weighted by Crippen LogP contribution is -2.21. The van der Waals surface area contributed by atoms with E-state index in [4.69, 9.17) is 0 Å². The van der Waals surface area contributed by atoms with Crippen LogP contribution in [-0.4, -0.2) is 30.8 Å². The molecule has 0 aliphatic heterocycles. The number of nitrogens with zero attached hydrogens (tertiary/aromatic N) is 1. The molecule has 0 bridgehead atoms. The van der Waals surface area contributed by atoms with Gasteiger partial charge < -0.3 is 10.2 Å². The maximum atomic E-state index is 11.8. The molecule has 0 aromatic heterocycles. The van der Waals surface area contributed by atoms with Gasteiger partial charge in [0.2, 0.25) is 5.91 Å². The number of rotatable bonds is 7. The first-order valence-corrected chi connectivity index (χ1v) is 7.16. The number of nitrogens with one attached hydrogen (secondary N) is 1. The Labute approximate surface area is 121 Å². The number of unbranched alkanes of at least 4 members (excludes halogenated alkanes) is 3. The largest absolute Gasteiger partial charge is 0.345 e. The molecular formula is C16H24N2O2. The Morgan fingerprint density at radius 3 is 2.55 bits per heavy atom. The molecule has 20 heavy (non-hydrogen) atoms. The van der Waals surface area contributed by atoms with Gasteiger partial charge in [-0.1, -0.05) is 32.3 Å². The molecule has 0 atom stereocenters. The minimum Gasteiger partial charge on any atom is -0.345 e. The van der Waals surface area contributed by atoms with Crippen LogP contribution in [-0.2, 0) is 4.79 Å². The van der Waals surface area contributed by atoms with Crippen molar-refractivity contribution in [1.82, 2.24) is 4.90 Å². The summed E-state index contributed by atoms with van der Waals surface area (Å²) >= 11 is 0. The molecule has 0 fully saturated rings. The Balaban J connectivity index is 2.53. The second-order valence-electron chi connectivity index (χ2n) is 5.14. The third-order valence-corrected chi connectivity index (χ3v) is 3.06. The molecule has 0 heterocycles. The zero-order valence-corrected chi connectivity index (χ0v) is 12.6. The van der Waals surface area contributed by atoms with Crippen molar-refractivity contribution in [2.45, 2.75) is 39.0 Å². The second-order valence-corrected chi connectivity index (χ2v) is 5.14. The van der Waals surface area contributed by atoms with Gasteiger partial charge in [0, 0.05) is 31.8 Å². The van der Waals surface area contributed by atoms with Gasteiger partial charge in [0.05, 0.1) is 0 Å². The van der Waals surface area contributed by atoms with Crippen molar-refractivity contribution in [3.05, 3.63) is 29.8 Å². The molecular weight excluding hydrogens is 252 g/mol. The summed E-state index contributed by atoms with van der Waals surface area (Å²) < 4.78 is 0. The van der Waals surface area contributed by atoms with Crippen molar-refractivity contribution in [2.75, 3.05) is 19.4 Å². The highest BCUT2D eigenvalue weighted by Crippen LogP contribution is 2.13. The van der Waals surface area contributed by atoms with E-state index >= 15 is 0 Å². The SMILES string of the molecule is CCCCCCC(=O)Nc1cccc(C(=O)N(C)C)c1. The summed E-state index contributed by atoms with van der Waals surface area (Å²) in [6, 6.07) is 7.05. The van der Waals surface area contributed by atoms with Crippen LogP contribution in [0.25, 0.3) is 0 Å². The van der Waals surface area contributed by atoms with Crippen LogP contribution in [0.4, 0.5) is 5.69 Å². The van der Waals surface area contributed by atoms with E-state index in [0.29, 0.717) is 17.7 Å². The Kier molecular flexibility index (Phi) is 6.77. The summed E-state index contributed by atoms with van der Waals surface area (Å²) in [4.78, 5) is 25.1. The number of amides is 2. The van der Waals surface area contributed by atoms with E-state index in [9.17, 15) is 9.59 Å². The lowest BCUT2D eigenvalue weighted by Gasteiger charge is -2.11. The number of carbonyl (C=O) groups is 2. The normalized spacial score (nSPS) is 10.2. The Bertz CT molecular complexity index is 456. The molecule has 0 unspecified atom stereocenters. The molecule has 1 N–H and O–H groups in total. The Morgan fingerprint density at radius 2 is 1.90 bits per heavy atom. The van der Waals surface area contributed by atoms with Crippen LogP contribution in [0, 0.1) is 0 Å². The van der Waals surface area contributed by atoms with Crippen LogP contribution in [0.5, 0.6) is 0 Å². The monoisotopic (exact) mass is 276 g/mol. The maximum Gasteiger partial charge on any atom is 0.253 e. The minimum absolute atomic E-state index is 0.00977. The smallest absolute Gasteiger partial charge is 0.253 e. The standard InChI is InChI=1S/C16H24N2O2/c1-4-5-6-7-11-15(19)17-14-10-8-9-13(12-14)16(20)18(2)3/h8-10,12H,4-7,11H2,1-3H3,(H,17,19). The van der Waals surface area contributed by atoms with E-state index in [2.05, 4.69) is 12.2 Å². The molecule has 110 valence electrons. The average molecular weight is 276 g/mol. The fraction of sp³-hybridized carbons (Fsp3) is 0.500. The highest BCUT2D eigenvalue weighted by Gasteiger charge is 2.09. The topological polar surface area (TPSA) is 49.4 Å². The zero-order chi connectivity index (χ0) is 15.0. The summed E-state index contributed by atoms with van der Waals surface area (Å²) in [6.07, 6.45) is 4.86. The molecule has 0 saturated heterocycles. The molecule has 0 aliphatic carbocycles. The summed E-state index contributed by atoms with van der Waals surface area (Å²) in [7, 11) is 3.42. The molecule has 1 aromatic rings. The van der Waals surface area contributed by atoms with E-state index in [-0.39, 0.29) is 11.8 Å². The van der Waals surface area contributed by atoms with Crippen molar-refractivity contribution < 1.29 is 9.59 Å². The Hall–Kier alpha value is -1.84. The van der Waals surface area contributed by atoms with Gasteiger partial charge in [-0.25, -0.2) is 0 Å². The second kappa shape index (κ2) is 8.35. The molecule has 1 rings (SSSR count). The first-order valence-electron chi connectivity index (χ1n) is 7.16. The maximum absolute atomic E-state index is 11.8. The first-order chi connectivity index (χ1) is 9.54. The predicted octanol–water partition coefficient (Wildman–Crippen LogP) is 3.30. The van der Waals surface area contributed by atoms with Crippen LogP contribution in [0.3, 0.4) is 0 Å². The van der Waals surface area contributed by atoms with Gasteiger partial charge in [-0.05, 0) is 24.6 Å². The highest BCUT2D eigenvalue weighted by molar-refractivity contribution is 5.96. The number of carbonyl (C=O) groups excluding carboxylic acids is 2. The molecule has 2 amide bonds. The van der Waals surface area contributed by atoms with Crippen molar-refractivity contribution in [1.29, 1.82) is 0 Å².